The molecule has 0 aromatic heterocycles. The van der Waals surface area contributed by atoms with Crippen molar-refractivity contribution in [1.29, 1.82) is 10.5 Å². The third-order valence-electron chi connectivity index (χ3n) is 1.28. The molecule has 0 spiro atoms. The average molecular weight is 238 g/mol. The Morgan fingerprint density at radius 2 is 1.76 bits per heavy atom. The van der Waals surface area contributed by atoms with Crippen LogP contribution in [0.2, 0.25) is 0 Å². The average Bonchev–Trinajstić information content (AvgIpc) is 2.27. The molecule has 17 heavy (non-hydrogen) atoms. The van der Waals surface area contributed by atoms with Gasteiger partial charge < -0.3 is 9.84 Å². The van der Waals surface area contributed by atoms with Crippen LogP contribution in [-0.2, 0) is 14.3 Å². The molecule has 92 valence electrons. The summed E-state index contributed by atoms with van der Waals surface area (Å²) in [6.07, 6.45) is 0.492. The lowest BCUT2D eigenvalue weighted by Gasteiger charge is -1.97. The largest absolute Gasteiger partial charge is 0.478 e. The third kappa shape index (κ3) is 16.3. The predicted molar refractivity (Wildman–Crippen MR) is 58.5 cm³/mol. The number of rotatable bonds is 5. The first-order chi connectivity index (χ1) is 7.95. The Morgan fingerprint density at radius 3 is 2.12 bits per heavy atom. The van der Waals surface area contributed by atoms with Gasteiger partial charge in [0.05, 0.1) is 25.0 Å². The van der Waals surface area contributed by atoms with Crippen molar-refractivity contribution in [3.05, 3.63) is 12.2 Å². The van der Waals surface area contributed by atoms with E-state index < -0.39 is 11.9 Å². The van der Waals surface area contributed by atoms with Crippen LogP contribution in [0, 0.1) is 22.7 Å². The maximum atomic E-state index is 10.6. The molecule has 0 rings (SSSR count). The Labute approximate surface area is 99.7 Å². The summed E-state index contributed by atoms with van der Waals surface area (Å²) in [5.74, 6) is -1.35. The van der Waals surface area contributed by atoms with Crippen molar-refractivity contribution in [2.75, 3.05) is 6.61 Å². The molecular formula is C11H14N2O4. The Kier molecular flexibility index (Phi) is 11.8. The van der Waals surface area contributed by atoms with Crippen LogP contribution in [0.1, 0.15) is 26.2 Å². The van der Waals surface area contributed by atoms with Gasteiger partial charge in [-0.15, -0.1) is 0 Å². The van der Waals surface area contributed by atoms with E-state index in [2.05, 4.69) is 11.3 Å². The first-order valence-corrected chi connectivity index (χ1v) is 4.74. The van der Waals surface area contributed by atoms with Gasteiger partial charge in [-0.05, 0) is 6.92 Å². The lowest BCUT2D eigenvalue weighted by Crippen LogP contribution is -2.04. The highest BCUT2D eigenvalue weighted by Gasteiger charge is 2.00. The van der Waals surface area contributed by atoms with Crippen molar-refractivity contribution in [2.45, 2.75) is 26.2 Å². The van der Waals surface area contributed by atoms with Crippen molar-refractivity contribution in [2.24, 2.45) is 0 Å². The van der Waals surface area contributed by atoms with Gasteiger partial charge in [-0.1, -0.05) is 6.58 Å². The highest BCUT2D eigenvalue weighted by atomic mass is 16.5. The summed E-state index contributed by atoms with van der Waals surface area (Å²) in [5.41, 5.74) is 0.176. The number of esters is 1. The highest BCUT2D eigenvalue weighted by molar-refractivity contribution is 5.84. The van der Waals surface area contributed by atoms with Gasteiger partial charge in [0.1, 0.15) is 6.61 Å². The van der Waals surface area contributed by atoms with Gasteiger partial charge in [0, 0.05) is 12.0 Å². The van der Waals surface area contributed by atoms with Crippen molar-refractivity contribution in [1.82, 2.24) is 0 Å². The van der Waals surface area contributed by atoms with Gasteiger partial charge in [0.15, 0.2) is 0 Å². The van der Waals surface area contributed by atoms with Crippen molar-refractivity contribution in [3.63, 3.8) is 0 Å². The molecule has 0 aromatic rings. The molecule has 0 aliphatic rings. The Bertz CT molecular complexity index is 337. The molecule has 6 heteroatoms. The van der Waals surface area contributed by atoms with Gasteiger partial charge in [-0.3, -0.25) is 4.79 Å². The van der Waals surface area contributed by atoms with Crippen molar-refractivity contribution < 1.29 is 19.4 Å². The minimum absolute atomic E-state index is 0.113. The number of carboxylic acid groups (broad SMARTS) is 1. The zero-order valence-electron chi connectivity index (χ0n) is 9.60. The number of carbonyl (C=O) groups is 2. The number of carbonyl (C=O) groups excluding carboxylic acids is 1. The number of ether oxygens (including phenoxy) is 1. The second kappa shape index (κ2) is 11.7. The molecule has 0 aromatic carbocycles. The quantitative estimate of drug-likeness (QED) is 0.440. The summed E-state index contributed by atoms with van der Waals surface area (Å²) in [7, 11) is 0. The van der Waals surface area contributed by atoms with Crippen LogP contribution in [-0.4, -0.2) is 23.7 Å². The molecule has 0 saturated carbocycles. The predicted octanol–water partition coefficient (Wildman–Crippen LogP) is 1.39. The summed E-state index contributed by atoms with van der Waals surface area (Å²) < 4.78 is 4.57. The molecule has 0 bridgehead atoms. The number of hydrogen-bond donors (Lipinski definition) is 1. The van der Waals surface area contributed by atoms with Crippen LogP contribution < -0.4 is 0 Å². The van der Waals surface area contributed by atoms with E-state index in [-0.39, 0.29) is 31.4 Å². The van der Waals surface area contributed by atoms with E-state index in [0.717, 1.165) is 0 Å². The monoisotopic (exact) mass is 238 g/mol. The number of nitriles is 2. The summed E-state index contributed by atoms with van der Waals surface area (Å²) in [4.78, 5) is 20.2. The maximum Gasteiger partial charge on any atom is 0.330 e. The van der Waals surface area contributed by atoms with Crippen molar-refractivity contribution in [3.8, 4) is 12.1 Å². The topological polar surface area (TPSA) is 111 Å². The smallest absolute Gasteiger partial charge is 0.330 e. The minimum atomic E-state index is -0.935. The van der Waals surface area contributed by atoms with Gasteiger partial charge in [0.25, 0.3) is 0 Å². The first kappa shape index (κ1) is 17.1. The molecule has 0 aliphatic heterocycles. The number of carboxylic acids is 1. The van der Waals surface area contributed by atoms with Crippen molar-refractivity contribution >= 4 is 11.9 Å². The molecule has 0 atom stereocenters. The van der Waals surface area contributed by atoms with E-state index >= 15 is 0 Å². The summed E-state index contributed by atoms with van der Waals surface area (Å²) in [5, 5.41) is 24.0. The molecule has 1 N–H and O–H groups in total. The van der Waals surface area contributed by atoms with Gasteiger partial charge in [-0.2, -0.15) is 10.5 Å². The standard InChI is InChI=1S/C7H8N2O2.C4H6O2/c8-4-1-3-7(10)11-6-2-5-9;1-3(2)4(5)6/h1-3,6H2;1H2,2H3,(H,5,6). The summed E-state index contributed by atoms with van der Waals surface area (Å²) >= 11 is 0. The Balaban J connectivity index is 0. The van der Waals surface area contributed by atoms with E-state index in [1.165, 1.54) is 6.92 Å². The fourth-order valence-corrected chi connectivity index (χ4v) is 0.441. The molecule has 0 heterocycles. The zero-order chi connectivity index (χ0) is 13.7. The molecule has 6 nitrogen and oxygen atoms in total. The van der Waals surface area contributed by atoms with Crippen LogP contribution in [0.25, 0.3) is 0 Å². The lowest BCUT2D eigenvalue weighted by atomic mass is 10.3. The number of aliphatic carboxylic acids is 1. The van der Waals surface area contributed by atoms with Crippen LogP contribution >= 0.6 is 0 Å². The van der Waals surface area contributed by atoms with Crippen LogP contribution in [0.4, 0.5) is 0 Å². The van der Waals surface area contributed by atoms with E-state index in [4.69, 9.17) is 15.6 Å². The van der Waals surface area contributed by atoms with Crippen LogP contribution in [0.5, 0.6) is 0 Å². The maximum absolute atomic E-state index is 10.6. The third-order valence-corrected chi connectivity index (χ3v) is 1.28. The molecule has 0 radical (unpaired) electrons. The van der Waals surface area contributed by atoms with Gasteiger partial charge in [0.2, 0.25) is 0 Å². The van der Waals surface area contributed by atoms with E-state index in [9.17, 15) is 9.59 Å². The molecule has 0 amide bonds. The fourth-order valence-electron chi connectivity index (χ4n) is 0.441. The first-order valence-electron chi connectivity index (χ1n) is 4.74. The Morgan fingerprint density at radius 1 is 1.29 bits per heavy atom. The molecule has 0 unspecified atom stereocenters. The van der Waals surface area contributed by atoms with Gasteiger partial charge >= 0.3 is 11.9 Å². The van der Waals surface area contributed by atoms with Crippen LogP contribution in [0.15, 0.2) is 12.2 Å². The molecule has 0 fully saturated rings. The second-order valence-corrected chi connectivity index (χ2v) is 2.87. The summed E-state index contributed by atoms with van der Waals surface area (Å²) in [6, 6.07) is 3.66. The van der Waals surface area contributed by atoms with E-state index in [1.54, 1.807) is 0 Å². The molecular weight excluding hydrogens is 224 g/mol. The Hall–Kier alpha value is -2.34. The lowest BCUT2D eigenvalue weighted by molar-refractivity contribution is -0.143. The van der Waals surface area contributed by atoms with Crippen LogP contribution in [0.3, 0.4) is 0 Å². The number of hydrogen-bond acceptors (Lipinski definition) is 5. The summed E-state index contributed by atoms with van der Waals surface area (Å²) in [6.45, 7) is 4.73. The van der Waals surface area contributed by atoms with E-state index in [0.29, 0.717) is 0 Å². The highest BCUT2D eigenvalue weighted by Crippen LogP contribution is 1.91. The molecule has 0 aliphatic carbocycles. The van der Waals surface area contributed by atoms with Gasteiger partial charge in [-0.25, -0.2) is 4.79 Å². The van der Waals surface area contributed by atoms with E-state index in [1.807, 2.05) is 12.1 Å². The zero-order valence-corrected chi connectivity index (χ0v) is 9.60. The SMILES string of the molecule is C=C(C)C(=O)O.N#CCCOC(=O)CCC#N. The normalized spacial score (nSPS) is 7.71. The minimum Gasteiger partial charge on any atom is -0.478 e. The number of nitrogens with zero attached hydrogens (tertiary/aromatic N) is 2. The molecule has 0 saturated heterocycles. The second-order valence-electron chi connectivity index (χ2n) is 2.87. The fraction of sp³-hybridized carbons (Fsp3) is 0.455.